The van der Waals surface area contributed by atoms with Crippen LogP contribution in [0.4, 0.5) is 20.6 Å². The Labute approximate surface area is 223 Å². The zero-order chi connectivity index (χ0) is 27.0. The van der Waals surface area contributed by atoms with E-state index in [1.807, 2.05) is 36.6 Å². The number of carbonyl (C=O) groups is 2. The zero-order valence-electron chi connectivity index (χ0n) is 21.1. The molecule has 0 bridgehead atoms. The number of thioether (sulfide) groups is 1. The molecule has 2 aliphatic heterocycles. The first-order valence-electron chi connectivity index (χ1n) is 12.5. The summed E-state index contributed by atoms with van der Waals surface area (Å²) in [5.41, 5.74) is 4.42. The van der Waals surface area contributed by atoms with E-state index in [1.165, 1.54) is 12.1 Å². The summed E-state index contributed by atoms with van der Waals surface area (Å²) in [6.45, 7) is 5.46. The summed E-state index contributed by atoms with van der Waals surface area (Å²) in [6, 6.07) is 12.9. The number of aromatic nitrogens is 1. The highest BCUT2D eigenvalue weighted by molar-refractivity contribution is 8.18. The van der Waals surface area contributed by atoms with E-state index in [4.69, 9.17) is 0 Å². The third kappa shape index (κ3) is 4.96. The Kier molecular flexibility index (Phi) is 7.07. The molecule has 196 valence electrons. The normalized spacial score (nSPS) is 17.1. The fraction of sp³-hybridized carbons (Fsp3) is 0.286. The molecule has 0 unspecified atom stereocenters. The smallest absolute Gasteiger partial charge is 0.294 e. The Hall–Kier alpha value is -3.92. The second-order valence-corrected chi connectivity index (χ2v) is 10.5. The predicted octanol–water partition coefficient (Wildman–Crippen LogP) is 6.37. The van der Waals surface area contributed by atoms with Crippen molar-refractivity contribution in [2.24, 2.45) is 0 Å². The van der Waals surface area contributed by atoms with Crippen LogP contribution in [0.5, 0.6) is 0 Å². The van der Waals surface area contributed by atoms with Gasteiger partial charge in [-0.25, -0.2) is 4.39 Å². The van der Waals surface area contributed by atoms with E-state index in [0.717, 1.165) is 66.0 Å². The van der Waals surface area contributed by atoms with Gasteiger partial charge >= 0.3 is 0 Å². The molecule has 0 spiro atoms. The average molecular weight is 535 g/mol. The van der Waals surface area contributed by atoms with Crippen molar-refractivity contribution in [2.45, 2.75) is 39.7 Å². The van der Waals surface area contributed by atoms with Gasteiger partial charge in [0.2, 0.25) is 0 Å². The molecule has 0 saturated carbocycles. The summed E-state index contributed by atoms with van der Waals surface area (Å²) < 4.78 is 15.1. The van der Waals surface area contributed by atoms with Gasteiger partial charge in [-0.05, 0) is 92.4 Å². The van der Waals surface area contributed by atoms with Crippen molar-refractivity contribution in [1.29, 1.82) is 0 Å². The van der Waals surface area contributed by atoms with Gasteiger partial charge in [-0.3, -0.25) is 24.6 Å². The first-order valence-corrected chi connectivity index (χ1v) is 13.3. The standard InChI is InChI=1S/C28H27FN4O4S/c1-18-14-21(15-26-27(34)31(28(35)38-26)17-20-6-8-22(29)9-7-20)19(2)32(18)23-10-11-24(25(16-23)33(36)37)30-12-4-3-5-13-30/h6-11,14-16H,3-5,12-13,17H2,1-2H3/b26-15-. The van der Waals surface area contributed by atoms with Crippen molar-refractivity contribution >= 4 is 40.4 Å². The number of amides is 2. The van der Waals surface area contributed by atoms with Crippen LogP contribution in [0.25, 0.3) is 11.8 Å². The number of rotatable bonds is 6. The van der Waals surface area contributed by atoms with Crippen molar-refractivity contribution in [3.8, 4) is 5.69 Å². The number of halogens is 1. The van der Waals surface area contributed by atoms with Gasteiger partial charge in [0.25, 0.3) is 16.8 Å². The van der Waals surface area contributed by atoms with E-state index in [0.29, 0.717) is 21.8 Å². The first kappa shape index (κ1) is 25.7. The number of imide groups is 1. The SMILES string of the molecule is Cc1cc(/C=C2\SC(=O)N(Cc3ccc(F)cc3)C2=O)c(C)n1-c1ccc(N2CCCCC2)c([N+](=O)[O-])c1. The molecule has 1 aromatic heterocycles. The number of anilines is 1. The molecule has 0 N–H and O–H groups in total. The van der Waals surface area contributed by atoms with Gasteiger partial charge in [-0.15, -0.1) is 0 Å². The van der Waals surface area contributed by atoms with Crippen molar-refractivity contribution in [1.82, 2.24) is 9.47 Å². The van der Waals surface area contributed by atoms with E-state index in [1.54, 1.807) is 24.3 Å². The quantitative estimate of drug-likeness (QED) is 0.207. The molecule has 10 heteroatoms. The lowest BCUT2D eigenvalue weighted by molar-refractivity contribution is -0.384. The third-order valence-electron chi connectivity index (χ3n) is 7.00. The molecule has 8 nitrogen and oxygen atoms in total. The highest BCUT2D eigenvalue weighted by atomic mass is 32.2. The topological polar surface area (TPSA) is 88.7 Å². The molecule has 3 aromatic rings. The Bertz CT molecular complexity index is 1460. The van der Waals surface area contributed by atoms with E-state index in [2.05, 4.69) is 4.90 Å². The molecule has 2 fully saturated rings. The number of aryl methyl sites for hydroxylation is 1. The highest BCUT2D eigenvalue weighted by Crippen LogP contribution is 2.36. The number of nitrogens with zero attached hydrogens (tertiary/aromatic N) is 4. The van der Waals surface area contributed by atoms with Gasteiger partial charge < -0.3 is 9.47 Å². The number of hydrogen-bond acceptors (Lipinski definition) is 6. The monoisotopic (exact) mass is 534 g/mol. The molecule has 5 rings (SSSR count). The number of nitro groups is 1. The maximum atomic E-state index is 13.2. The molecule has 0 aliphatic carbocycles. The zero-order valence-corrected chi connectivity index (χ0v) is 22.0. The van der Waals surface area contributed by atoms with Crippen molar-refractivity contribution in [2.75, 3.05) is 18.0 Å². The van der Waals surface area contributed by atoms with Crippen molar-refractivity contribution < 1.29 is 18.9 Å². The maximum Gasteiger partial charge on any atom is 0.294 e. The van der Waals surface area contributed by atoms with Gasteiger partial charge in [0.15, 0.2) is 0 Å². The molecule has 2 saturated heterocycles. The van der Waals surface area contributed by atoms with Gasteiger partial charge in [0, 0.05) is 30.5 Å². The number of hydrogen-bond donors (Lipinski definition) is 0. The minimum Gasteiger partial charge on any atom is -0.366 e. The Morgan fingerprint density at radius 2 is 1.74 bits per heavy atom. The Morgan fingerprint density at radius 3 is 2.42 bits per heavy atom. The lowest BCUT2D eigenvalue weighted by atomic mass is 10.1. The number of piperidine rings is 1. The average Bonchev–Trinajstić information content (AvgIpc) is 3.34. The maximum absolute atomic E-state index is 13.2. The Morgan fingerprint density at radius 1 is 1.03 bits per heavy atom. The predicted molar refractivity (Wildman–Crippen MR) is 146 cm³/mol. The molecular weight excluding hydrogens is 507 g/mol. The third-order valence-corrected chi connectivity index (χ3v) is 7.90. The summed E-state index contributed by atoms with van der Waals surface area (Å²) in [6.07, 6.45) is 4.87. The van der Waals surface area contributed by atoms with Crippen LogP contribution in [0.2, 0.25) is 0 Å². The highest BCUT2D eigenvalue weighted by Gasteiger charge is 2.35. The minimum absolute atomic E-state index is 0.0638. The molecule has 2 aliphatic rings. The van der Waals surface area contributed by atoms with E-state index in [-0.39, 0.29) is 28.2 Å². The lowest BCUT2D eigenvalue weighted by Gasteiger charge is -2.28. The van der Waals surface area contributed by atoms with Crippen LogP contribution < -0.4 is 4.90 Å². The van der Waals surface area contributed by atoms with Crippen LogP contribution in [0.1, 0.15) is 41.8 Å². The molecule has 3 heterocycles. The van der Waals surface area contributed by atoms with Crippen LogP contribution >= 0.6 is 11.8 Å². The van der Waals surface area contributed by atoms with Crippen LogP contribution in [-0.4, -0.2) is 38.6 Å². The second kappa shape index (κ2) is 10.4. The summed E-state index contributed by atoms with van der Waals surface area (Å²) in [4.78, 5) is 40.8. The van der Waals surface area contributed by atoms with E-state index >= 15 is 0 Å². The van der Waals surface area contributed by atoms with Gasteiger partial charge in [0.05, 0.1) is 22.1 Å². The summed E-state index contributed by atoms with van der Waals surface area (Å²) in [5.74, 6) is -0.791. The van der Waals surface area contributed by atoms with Crippen LogP contribution in [0, 0.1) is 29.8 Å². The number of nitro benzene ring substituents is 1. The van der Waals surface area contributed by atoms with Crippen LogP contribution in [0.15, 0.2) is 53.4 Å². The second-order valence-electron chi connectivity index (χ2n) is 9.53. The van der Waals surface area contributed by atoms with Gasteiger partial charge in [-0.2, -0.15) is 0 Å². The number of carbonyl (C=O) groups excluding carboxylic acids is 2. The minimum atomic E-state index is -0.407. The fourth-order valence-corrected chi connectivity index (χ4v) is 5.91. The summed E-state index contributed by atoms with van der Waals surface area (Å²) >= 11 is 0.863. The van der Waals surface area contributed by atoms with Gasteiger partial charge in [-0.1, -0.05) is 12.1 Å². The number of benzene rings is 2. The first-order chi connectivity index (χ1) is 18.2. The van der Waals surface area contributed by atoms with Crippen LogP contribution in [0.3, 0.4) is 0 Å². The molecule has 38 heavy (non-hydrogen) atoms. The van der Waals surface area contributed by atoms with E-state index < -0.39 is 5.91 Å². The van der Waals surface area contributed by atoms with E-state index in [9.17, 15) is 24.1 Å². The molecule has 2 amide bonds. The Balaban J connectivity index is 1.43. The molecule has 0 atom stereocenters. The fourth-order valence-electron chi connectivity index (χ4n) is 5.08. The summed E-state index contributed by atoms with van der Waals surface area (Å²) in [7, 11) is 0. The molecule has 2 aromatic carbocycles. The lowest BCUT2D eigenvalue weighted by Crippen LogP contribution is -2.30. The molecule has 0 radical (unpaired) electrons. The van der Waals surface area contributed by atoms with Gasteiger partial charge in [0.1, 0.15) is 11.5 Å². The van der Waals surface area contributed by atoms with Crippen molar-refractivity contribution in [3.05, 3.63) is 91.9 Å². The summed E-state index contributed by atoms with van der Waals surface area (Å²) in [5, 5.41) is 11.6. The largest absolute Gasteiger partial charge is 0.366 e. The van der Waals surface area contributed by atoms with Crippen LogP contribution in [-0.2, 0) is 11.3 Å². The van der Waals surface area contributed by atoms with Crippen molar-refractivity contribution in [3.63, 3.8) is 0 Å². The molecular formula is C28H27FN4O4S.